The van der Waals surface area contributed by atoms with E-state index >= 15 is 0 Å². The monoisotopic (exact) mass is 379 g/mol. The summed E-state index contributed by atoms with van der Waals surface area (Å²) < 4.78 is 12.4. The normalized spacial score (nSPS) is 11.7. The zero-order chi connectivity index (χ0) is 19.9. The predicted molar refractivity (Wildman–Crippen MR) is 108 cm³/mol. The Hall–Kier alpha value is -3.28. The molecule has 0 saturated heterocycles. The van der Waals surface area contributed by atoms with Gasteiger partial charge in [-0.15, -0.1) is 0 Å². The first kappa shape index (κ1) is 19.5. The summed E-state index contributed by atoms with van der Waals surface area (Å²) in [4.78, 5) is 17.1. The van der Waals surface area contributed by atoms with Crippen LogP contribution in [0, 0.1) is 0 Å². The fourth-order valence-electron chi connectivity index (χ4n) is 3.06. The minimum absolute atomic E-state index is 0.0355. The molecular formula is C22H25N3O3. The minimum Gasteiger partial charge on any atom is -0.497 e. The van der Waals surface area contributed by atoms with Gasteiger partial charge in [-0.3, -0.25) is 4.79 Å². The first-order valence-corrected chi connectivity index (χ1v) is 9.14. The average Bonchev–Trinajstić information content (AvgIpc) is 3.16. The minimum atomic E-state index is -0.349. The maximum atomic E-state index is 12.7. The number of carbonyl (C=O) groups is 1. The second-order valence-corrected chi connectivity index (χ2v) is 6.52. The zero-order valence-corrected chi connectivity index (χ0v) is 16.4. The van der Waals surface area contributed by atoms with Gasteiger partial charge in [0.2, 0.25) is 5.91 Å². The van der Waals surface area contributed by atoms with Gasteiger partial charge in [0.25, 0.3) is 0 Å². The molecule has 0 radical (unpaired) electrons. The lowest BCUT2D eigenvalue weighted by Gasteiger charge is -2.20. The van der Waals surface area contributed by atoms with Crippen molar-refractivity contribution in [3.05, 3.63) is 77.9 Å². The topological polar surface area (TPSA) is 65.4 Å². The number of aryl methyl sites for hydroxylation is 2. The molecule has 146 valence electrons. The lowest BCUT2D eigenvalue weighted by molar-refractivity contribution is -0.121. The largest absolute Gasteiger partial charge is 0.497 e. The molecule has 0 bridgehead atoms. The fraction of sp³-hybridized carbons (Fsp3) is 0.273. The van der Waals surface area contributed by atoms with Gasteiger partial charge in [-0.25, -0.2) is 4.98 Å². The van der Waals surface area contributed by atoms with Crippen molar-refractivity contribution in [2.75, 3.05) is 14.2 Å². The Kier molecular flexibility index (Phi) is 6.32. The SMILES string of the molecule is COc1ccc(CCC(=O)NC(c2cccc(OC)c2)c2nccn2C)cc1. The van der Waals surface area contributed by atoms with Crippen LogP contribution in [0.1, 0.15) is 29.4 Å². The van der Waals surface area contributed by atoms with E-state index in [0.717, 1.165) is 28.5 Å². The Morgan fingerprint density at radius 2 is 1.86 bits per heavy atom. The number of amides is 1. The molecule has 0 saturated carbocycles. The van der Waals surface area contributed by atoms with E-state index in [1.165, 1.54) is 0 Å². The molecule has 0 aliphatic carbocycles. The number of nitrogens with one attached hydrogen (secondary N) is 1. The van der Waals surface area contributed by atoms with Crippen LogP contribution in [-0.4, -0.2) is 29.7 Å². The van der Waals surface area contributed by atoms with E-state index in [-0.39, 0.29) is 11.9 Å². The molecule has 1 N–H and O–H groups in total. The van der Waals surface area contributed by atoms with E-state index in [4.69, 9.17) is 9.47 Å². The van der Waals surface area contributed by atoms with Crippen molar-refractivity contribution in [3.8, 4) is 11.5 Å². The van der Waals surface area contributed by atoms with Crippen LogP contribution in [0.5, 0.6) is 11.5 Å². The molecule has 1 aromatic heterocycles. The second-order valence-electron chi connectivity index (χ2n) is 6.52. The summed E-state index contributed by atoms with van der Waals surface area (Å²) in [6, 6.07) is 15.1. The van der Waals surface area contributed by atoms with Gasteiger partial charge in [0, 0.05) is 25.9 Å². The Morgan fingerprint density at radius 1 is 1.11 bits per heavy atom. The maximum Gasteiger partial charge on any atom is 0.221 e. The van der Waals surface area contributed by atoms with Gasteiger partial charge >= 0.3 is 0 Å². The van der Waals surface area contributed by atoms with Gasteiger partial charge in [-0.05, 0) is 41.8 Å². The van der Waals surface area contributed by atoms with Crippen LogP contribution in [0.4, 0.5) is 0 Å². The Balaban J connectivity index is 1.73. The number of methoxy groups -OCH3 is 2. The molecule has 3 aromatic rings. The van der Waals surface area contributed by atoms with E-state index in [0.29, 0.717) is 12.8 Å². The van der Waals surface area contributed by atoms with Gasteiger partial charge in [0.1, 0.15) is 23.4 Å². The number of hydrogen-bond donors (Lipinski definition) is 1. The molecule has 1 amide bonds. The number of imidazole rings is 1. The van der Waals surface area contributed by atoms with Crippen molar-refractivity contribution in [2.45, 2.75) is 18.9 Å². The molecule has 2 aromatic carbocycles. The molecule has 0 aliphatic rings. The summed E-state index contributed by atoms with van der Waals surface area (Å²) in [5, 5.41) is 3.12. The predicted octanol–water partition coefficient (Wildman–Crippen LogP) is 3.28. The van der Waals surface area contributed by atoms with Gasteiger partial charge in [-0.2, -0.15) is 0 Å². The van der Waals surface area contributed by atoms with Crippen molar-refractivity contribution in [1.82, 2.24) is 14.9 Å². The standard InChI is InChI=1S/C22H25N3O3/c1-25-14-13-23-22(25)21(17-5-4-6-19(15-17)28-3)24-20(26)12-9-16-7-10-18(27-2)11-8-16/h4-8,10-11,13-15,21H,9,12H2,1-3H3,(H,24,26). The number of hydrogen-bond acceptors (Lipinski definition) is 4. The molecule has 0 spiro atoms. The van der Waals surface area contributed by atoms with E-state index < -0.39 is 0 Å². The number of carbonyl (C=O) groups excluding carboxylic acids is 1. The molecule has 28 heavy (non-hydrogen) atoms. The van der Waals surface area contributed by atoms with Crippen LogP contribution in [0.2, 0.25) is 0 Å². The van der Waals surface area contributed by atoms with Crippen LogP contribution < -0.4 is 14.8 Å². The van der Waals surface area contributed by atoms with Gasteiger partial charge in [0.15, 0.2) is 0 Å². The summed E-state index contributed by atoms with van der Waals surface area (Å²) in [7, 11) is 5.18. The molecular weight excluding hydrogens is 354 g/mol. The fourth-order valence-corrected chi connectivity index (χ4v) is 3.06. The molecule has 1 unspecified atom stereocenters. The molecule has 0 fully saturated rings. The van der Waals surface area contributed by atoms with Crippen molar-refractivity contribution < 1.29 is 14.3 Å². The van der Waals surface area contributed by atoms with E-state index in [2.05, 4.69) is 10.3 Å². The third-order valence-electron chi connectivity index (χ3n) is 4.65. The number of rotatable bonds is 8. The first-order valence-electron chi connectivity index (χ1n) is 9.14. The maximum absolute atomic E-state index is 12.7. The first-order chi connectivity index (χ1) is 13.6. The number of ether oxygens (including phenoxy) is 2. The summed E-state index contributed by atoms with van der Waals surface area (Å²) >= 11 is 0. The Labute approximate surface area is 165 Å². The number of benzene rings is 2. The lowest BCUT2D eigenvalue weighted by atomic mass is 10.0. The molecule has 6 nitrogen and oxygen atoms in total. The average molecular weight is 379 g/mol. The lowest BCUT2D eigenvalue weighted by Crippen LogP contribution is -2.31. The summed E-state index contributed by atoms with van der Waals surface area (Å²) in [5.41, 5.74) is 2.01. The van der Waals surface area contributed by atoms with Gasteiger partial charge < -0.3 is 19.4 Å². The van der Waals surface area contributed by atoms with Crippen LogP contribution >= 0.6 is 0 Å². The molecule has 0 aliphatic heterocycles. The molecule has 1 atom stereocenters. The van der Waals surface area contributed by atoms with Crippen molar-refractivity contribution in [1.29, 1.82) is 0 Å². The van der Waals surface area contributed by atoms with Crippen LogP contribution in [0.3, 0.4) is 0 Å². The Bertz CT molecular complexity index is 919. The quantitative estimate of drug-likeness (QED) is 0.652. The molecule has 3 rings (SSSR count). The summed E-state index contributed by atoms with van der Waals surface area (Å²) in [6.07, 6.45) is 4.64. The van der Waals surface area contributed by atoms with Gasteiger partial charge in [-0.1, -0.05) is 24.3 Å². The van der Waals surface area contributed by atoms with Crippen LogP contribution in [0.25, 0.3) is 0 Å². The van der Waals surface area contributed by atoms with Crippen molar-refractivity contribution in [3.63, 3.8) is 0 Å². The van der Waals surface area contributed by atoms with E-state index in [1.807, 2.05) is 66.3 Å². The van der Waals surface area contributed by atoms with Crippen LogP contribution in [-0.2, 0) is 18.3 Å². The van der Waals surface area contributed by atoms with Gasteiger partial charge in [0.05, 0.1) is 14.2 Å². The zero-order valence-electron chi connectivity index (χ0n) is 16.4. The van der Waals surface area contributed by atoms with Crippen molar-refractivity contribution in [2.24, 2.45) is 7.05 Å². The summed E-state index contributed by atoms with van der Waals surface area (Å²) in [6.45, 7) is 0. The molecule has 6 heteroatoms. The third-order valence-corrected chi connectivity index (χ3v) is 4.65. The highest BCUT2D eigenvalue weighted by atomic mass is 16.5. The highest BCUT2D eigenvalue weighted by Crippen LogP contribution is 2.24. The smallest absolute Gasteiger partial charge is 0.221 e. The van der Waals surface area contributed by atoms with Crippen molar-refractivity contribution >= 4 is 5.91 Å². The molecule has 1 heterocycles. The Morgan fingerprint density at radius 3 is 2.50 bits per heavy atom. The number of nitrogens with zero attached hydrogens (tertiary/aromatic N) is 2. The highest BCUT2D eigenvalue weighted by Gasteiger charge is 2.21. The van der Waals surface area contributed by atoms with Crippen LogP contribution in [0.15, 0.2) is 60.9 Å². The number of aromatic nitrogens is 2. The van der Waals surface area contributed by atoms with E-state index in [9.17, 15) is 4.79 Å². The third kappa shape index (κ3) is 4.71. The van der Waals surface area contributed by atoms with E-state index in [1.54, 1.807) is 20.4 Å². The highest BCUT2D eigenvalue weighted by molar-refractivity contribution is 5.77. The second kappa shape index (κ2) is 9.08. The summed E-state index contributed by atoms with van der Waals surface area (Å²) in [5.74, 6) is 2.28.